The maximum Gasteiger partial charge on any atom is 0.244 e. The first-order valence-electron chi connectivity index (χ1n) is 8.64. The number of aromatic nitrogens is 2. The van der Waals surface area contributed by atoms with Gasteiger partial charge in [0.05, 0.1) is 17.2 Å². The van der Waals surface area contributed by atoms with E-state index >= 15 is 0 Å². The van der Waals surface area contributed by atoms with Crippen LogP contribution in [0.3, 0.4) is 0 Å². The van der Waals surface area contributed by atoms with Crippen molar-refractivity contribution < 1.29 is 9.47 Å². The summed E-state index contributed by atoms with van der Waals surface area (Å²) >= 11 is 3.48. The number of hydrogen-bond donors (Lipinski definition) is 2. The summed E-state index contributed by atoms with van der Waals surface area (Å²) in [6.45, 7) is -0.122. The van der Waals surface area contributed by atoms with E-state index in [4.69, 9.17) is 20.5 Å². The summed E-state index contributed by atoms with van der Waals surface area (Å²) in [7, 11) is 0. The van der Waals surface area contributed by atoms with Crippen LogP contribution in [0, 0.1) is 22.7 Å². The minimum Gasteiger partial charge on any atom is -0.478 e. The van der Waals surface area contributed by atoms with E-state index in [2.05, 4.69) is 32.2 Å². The molecule has 1 aliphatic rings. The zero-order valence-corrected chi connectivity index (χ0v) is 16.6. The molecule has 0 radical (unpaired) electrons. The Morgan fingerprint density at radius 2 is 2.00 bits per heavy atom. The van der Waals surface area contributed by atoms with Crippen LogP contribution < -0.4 is 15.2 Å². The number of nitrogens with one attached hydrogen (secondary N) is 1. The molecule has 29 heavy (non-hydrogen) atoms. The van der Waals surface area contributed by atoms with Crippen LogP contribution in [0.15, 0.2) is 64.5 Å². The predicted molar refractivity (Wildman–Crippen MR) is 109 cm³/mol. The number of nitrogens with two attached hydrogens (primary N) is 1. The third-order valence-electron chi connectivity index (χ3n) is 4.58. The fourth-order valence-corrected chi connectivity index (χ4v) is 3.75. The Kier molecular flexibility index (Phi) is 4.94. The predicted octanol–water partition coefficient (Wildman–Crippen LogP) is 3.96. The van der Waals surface area contributed by atoms with E-state index in [1.165, 1.54) is 0 Å². The largest absolute Gasteiger partial charge is 0.478 e. The molecule has 7 nitrogen and oxygen atoms in total. The van der Waals surface area contributed by atoms with Crippen LogP contribution >= 0.6 is 15.9 Å². The van der Waals surface area contributed by atoms with Crippen molar-refractivity contribution in [3.8, 4) is 35.0 Å². The van der Waals surface area contributed by atoms with Crippen molar-refractivity contribution >= 4 is 15.9 Å². The van der Waals surface area contributed by atoms with Gasteiger partial charge in [0.25, 0.3) is 0 Å². The average Bonchev–Trinajstić information content (AvgIpc) is 3.15. The number of hydrogen-bond acceptors (Lipinski definition) is 6. The summed E-state index contributed by atoms with van der Waals surface area (Å²) in [6, 6.07) is 19.2. The van der Waals surface area contributed by atoms with Crippen LogP contribution in [0.1, 0.15) is 17.0 Å². The number of allylic oxidation sites excluding steroid dienone is 1. The molecular formula is C21H14BrN5O2. The first kappa shape index (κ1) is 18.6. The Hall–Kier alpha value is -3.75. The summed E-state index contributed by atoms with van der Waals surface area (Å²) in [5, 5.41) is 26.1. The lowest BCUT2D eigenvalue weighted by Gasteiger charge is -2.25. The van der Waals surface area contributed by atoms with Gasteiger partial charge in [0.15, 0.2) is 6.61 Å². The van der Waals surface area contributed by atoms with Crippen LogP contribution in [0.25, 0.3) is 11.3 Å². The number of benzene rings is 2. The van der Waals surface area contributed by atoms with Crippen LogP contribution in [-0.4, -0.2) is 16.8 Å². The van der Waals surface area contributed by atoms with Gasteiger partial charge >= 0.3 is 0 Å². The van der Waals surface area contributed by atoms with Gasteiger partial charge in [-0.1, -0.05) is 46.3 Å². The molecule has 3 aromatic rings. The Morgan fingerprint density at radius 1 is 1.21 bits per heavy atom. The molecule has 0 unspecified atom stereocenters. The second kappa shape index (κ2) is 7.70. The van der Waals surface area contributed by atoms with Crippen LogP contribution in [0.5, 0.6) is 11.6 Å². The van der Waals surface area contributed by atoms with E-state index in [0.29, 0.717) is 22.8 Å². The smallest absolute Gasteiger partial charge is 0.244 e. The van der Waals surface area contributed by atoms with Gasteiger partial charge in [-0.15, -0.1) is 5.10 Å². The number of ether oxygens (including phenoxy) is 2. The molecule has 0 fully saturated rings. The molecule has 0 aliphatic carbocycles. The number of nitrogens with zero attached hydrogens (tertiary/aromatic N) is 3. The Labute approximate surface area is 175 Å². The first-order chi connectivity index (χ1) is 14.1. The van der Waals surface area contributed by atoms with Gasteiger partial charge in [-0.2, -0.15) is 10.5 Å². The number of fused-ring (bicyclic) bond motifs is 1. The highest BCUT2D eigenvalue weighted by molar-refractivity contribution is 9.10. The Bertz CT molecular complexity index is 1190. The fourth-order valence-electron chi connectivity index (χ4n) is 3.37. The summed E-state index contributed by atoms with van der Waals surface area (Å²) < 4.78 is 12.1. The molecule has 8 heteroatoms. The van der Waals surface area contributed by atoms with Crippen LogP contribution in [-0.2, 0) is 0 Å². The molecule has 2 aromatic carbocycles. The van der Waals surface area contributed by atoms with Crippen molar-refractivity contribution in [2.24, 2.45) is 5.73 Å². The second-order valence-corrected chi connectivity index (χ2v) is 7.15. The minimum atomic E-state index is -0.580. The molecule has 142 valence electrons. The van der Waals surface area contributed by atoms with Crippen LogP contribution in [0.4, 0.5) is 0 Å². The van der Waals surface area contributed by atoms with Gasteiger partial charge in [0, 0.05) is 10.0 Å². The molecule has 0 amide bonds. The van der Waals surface area contributed by atoms with Gasteiger partial charge in [-0.05, 0) is 23.8 Å². The summed E-state index contributed by atoms with van der Waals surface area (Å²) in [6.07, 6.45) is 0. The molecular weight excluding hydrogens is 434 g/mol. The van der Waals surface area contributed by atoms with Crippen molar-refractivity contribution in [2.45, 2.75) is 5.92 Å². The molecule has 2 heterocycles. The van der Waals surface area contributed by atoms with E-state index in [1.807, 2.05) is 48.5 Å². The monoisotopic (exact) mass is 447 g/mol. The van der Waals surface area contributed by atoms with Crippen molar-refractivity contribution in [1.82, 2.24) is 10.2 Å². The lowest BCUT2D eigenvalue weighted by Crippen LogP contribution is -2.21. The molecule has 1 aromatic heterocycles. The van der Waals surface area contributed by atoms with Gasteiger partial charge in [-0.3, -0.25) is 5.10 Å². The first-order valence-corrected chi connectivity index (χ1v) is 9.43. The normalized spacial score (nSPS) is 15.1. The van der Waals surface area contributed by atoms with Crippen molar-refractivity contribution in [2.75, 3.05) is 6.61 Å². The SMILES string of the molecule is N#CCOc1ccc(Br)cc1[C@H]1C(C#N)=C(N)Oc2n[nH]c(-c3ccccc3)c21. The molecule has 4 rings (SSSR count). The van der Waals surface area contributed by atoms with Crippen molar-refractivity contribution in [1.29, 1.82) is 10.5 Å². The van der Waals surface area contributed by atoms with E-state index in [-0.39, 0.29) is 18.1 Å². The number of halogens is 1. The van der Waals surface area contributed by atoms with Crippen LogP contribution in [0.2, 0.25) is 0 Å². The molecule has 0 spiro atoms. The molecule has 0 saturated carbocycles. The third kappa shape index (κ3) is 3.31. The molecule has 0 saturated heterocycles. The van der Waals surface area contributed by atoms with Gasteiger partial charge in [-0.25, -0.2) is 0 Å². The van der Waals surface area contributed by atoms with E-state index in [9.17, 15) is 5.26 Å². The van der Waals surface area contributed by atoms with Crippen molar-refractivity contribution in [3.63, 3.8) is 0 Å². The topological polar surface area (TPSA) is 121 Å². The lowest BCUT2D eigenvalue weighted by atomic mass is 9.82. The second-order valence-electron chi connectivity index (χ2n) is 6.24. The van der Waals surface area contributed by atoms with Gasteiger partial charge in [0.2, 0.25) is 11.8 Å². The zero-order valence-electron chi connectivity index (χ0n) is 15.0. The highest BCUT2D eigenvalue weighted by atomic mass is 79.9. The molecule has 1 atom stereocenters. The number of nitriles is 2. The molecule has 3 N–H and O–H groups in total. The van der Waals surface area contributed by atoms with Gasteiger partial charge < -0.3 is 15.2 Å². The average molecular weight is 448 g/mol. The molecule has 0 bridgehead atoms. The quantitative estimate of drug-likeness (QED) is 0.623. The standard InChI is InChI=1S/C21H14BrN5O2/c22-13-6-7-16(28-9-8-23)14(10-13)17-15(11-24)20(25)29-21-18(17)19(26-27-21)12-4-2-1-3-5-12/h1-7,10,17H,9,25H2,(H,26,27)/t17-/m0/s1. The fraction of sp³-hybridized carbons (Fsp3) is 0.0952. The van der Waals surface area contributed by atoms with E-state index in [1.54, 1.807) is 6.07 Å². The van der Waals surface area contributed by atoms with Crippen molar-refractivity contribution in [3.05, 3.63) is 75.6 Å². The summed E-state index contributed by atoms with van der Waals surface area (Å²) in [4.78, 5) is 0. The maximum absolute atomic E-state index is 9.85. The lowest BCUT2D eigenvalue weighted by molar-refractivity contribution is 0.358. The third-order valence-corrected chi connectivity index (χ3v) is 5.07. The number of aromatic amines is 1. The van der Waals surface area contributed by atoms with Gasteiger partial charge in [0.1, 0.15) is 23.5 Å². The summed E-state index contributed by atoms with van der Waals surface area (Å²) in [5.41, 5.74) is 9.26. The van der Waals surface area contributed by atoms with E-state index < -0.39 is 5.92 Å². The number of rotatable bonds is 4. The summed E-state index contributed by atoms with van der Waals surface area (Å²) in [5.74, 6) is 0.191. The zero-order chi connectivity index (χ0) is 20.4. The Balaban J connectivity index is 1.97. The Morgan fingerprint density at radius 3 is 2.72 bits per heavy atom. The molecule has 1 aliphatic heterocycles. The highest BCUT2D eigenvalue weighted by Gasteiger charge is 2.37. The number of H-pyrrole nitrogens is 1. The van der Waals surface area contributed by atoms with E-state index in [0.717, 1.165) is 15.7 Å². The highest BCUT2D eigenvalue weighted by Crippen LogP contribution is 2.48. The maximum atomic E-state index is 9.85. The minimum absolute atomic E-state index is 0.0117.